The molecule has 1 fully saturated rings. The monoisotopic (exact) mass is 376 g/mol. The number of aromatic nitrogens is 1. The zero-order valence-corrected chi connectivity index (χ0v) is 16.0. The van der Waals surface area contributed by atoms with Gasteiger partial charge in [-0.2, -0.15) is 0 Å². The van der Waals surface area contributed by atoms with E-state index in [2.05, 4.69) is 28.5 Å². The summed E-state index contributed by atoms with van der Waals surface area (Å²) in [4.78, 5) is 30.0. The maximum atomic E-state index is 12.6. The van der Waals surface area contributed by atoms with Crippen LogP contribution in [0.2, 0.25) is 0 Å². The average Bonchev–Trinajstić information content (AvgIpc) is 3.34. The SMILES string of the molecule is CC.O=C1NC(=O)C2C1c1c([nH]c3ccccc13)C1c3ccccc3SC12. The molecule has 4 atom stereocenters. The molecule has 0 bridgehead atoms. The van der Waals surface area contributed by atoms with Crippen LogP contribution in [0.5, 0.6) is 0 Å². The van der Waals surface area contributed by atoms with Crippen LogP contribution >= 0.6 is 11.8 Å². The molecule has 3 aliphatic rings. The van der Waals surface area contributed by atoms with Crippen molar-refractivity contribution in [1.82, 2.24) is 10.3 Å². The van der Waals surface area contributed by atoms with Gasteiger partial charge in [0.15, 0.2) is 0 Å². The second-order valence-corrected chi connectivity index (χ2v) is 8.17. The number of nitrogens with one attached hydrogen (secondary N) is 2. The highest BCUT2D eigenvalue weighted by molar-refractivity contribution is 8.00. The molecule has 1 saturated heterocycles. The van der Waals surface area contributed by atoms with E-state index >= 15 is 0 Å². The number of amides is 2. The number of hydrogen-bond donors (Lipinski definition) is 2. The summed E-state index contributed by atoms with van der Waals surface area (Å²) in [5.74, 6) is -0.845. The Morgan fingerprint density at radius 3 is 2.48 bits per heavy atom. The van der Waals surface area contributed by atoms with Crippen LogP contribution in [0.3, 0.4) is 0 Å². The third kappa shape index (κ3) is 2.12. The second-order valence-electron chi connectivity index (χ2n) is 6.95. The van der Waals surface area contributed by atoms with Crippen molar-refractivity contribution in [3.8, 4) is 0 Å². The van der Waals surface area contributed by atoms with Crippen molar-refractivity contribution in [2.24, 2.45) is 5.92 Å². The van der Waals surface area contributed by atoms with Crippen molar-refractivity contribution in [2.75, 3.05) is 0 Å². The normalized spacial score (nSPS) is 27.2. The molecule has 4 nitrogen and oxygen atoms in total. The van der Waals surface area contributed by atoms with E-state index in [1.807, 2.05) is 44.2 Å². The van der Waals surface area contributed by atoms with Crippen LogP contribution in [-0.4, -0.2) is 22.0 Å². The molecule has 1 aliphatic carbocycles. The molecule has 2 aliphatic heterocycles. The van der Waals surface area contributed by atoms with Crippen molar-refractivity contribution in [1.29, 1.82) is 0 Å². The van der Waals surface area contributed by atoms with E-state index in [-0.39, 0.29) is 34.8 Å². The summed E-state index contributed by atoms with van der Waals surface area (Å²) in [6, 6.07) is 16.4. The second kappa shape index (κ2) is 5.99. The molecular weight excluding hydrogens is 356 g/mol. The summed E-state index contributed by atoms with van der Waals surface area (Å²) in [7, 11) is 0. The Kier molecular flexibility index (Phi) is 3.69. The number of benzene rings is 2. The van der Waals surface area contributed by atoms with Crippen molar-refractivity contribution in [2.45, 2.75) is 35.8 Å². The van der Waals surface area contributed by atoms with Crippen LogP contribution in [-0.2, 0) is 9.59 Å². The summed E-state index contributed by atoms with van der Waals surface area (Å²) in [6.45, 7) is 4.00. The fourth-order valence-electron chi connectivity index (χ4n) is 4.85. The molecule has 136 valence electrons. The Balaban J connectivity index is 0.000000777. The largest absolute Gasteiger partial charge is 0.358 e. The zero-order valence-electron chi connectivity index (χ0n) is 15.2. The third-order valence-electron chi connectivity index (χ3n) is 5.79. The van der Waals surface area contributed by atoms with E-state index < -0.39 is 0 Å². The molecule has 0 radical (unpaired) electrons. The molecule has 0 saturated carbocycles. The highest BCUT2D eigenvalue weighted by atomic mass is 32.2. The van der Waals surface area contributed by atoms with Crippen molar-refractivity contribution < 1.29 is 9.59 Å². The van der Waals surface area contributed by atoms with Crippen LogP contribution in [0, 0.1) is 5.92 Å². The lowest BCUT2D eigenvalue weighted by Crippen LogP contribution is -2.35. The van der Waals surface area contributed by atoms with Gasteiger partial charge in [0.05, 0.1) is 11.8 Å². The van der Waals surface area contributed by atoms with Gasteiger partial charge in [-0.15, -0.1) is 11.8 Å². The Bertz CT molecular complexity index is 1090. The molecule has 3 aromatic rings. The minimum absolute atomic E-state index is 0.0643. The molecular formula is C22H20N2O2S. The topological polar surface area (TPSA) is 62.0 Å². The molecule has 5 heteroatoms. The smallest absolute Gasteiger partial charge is 0.235 e. The van der Waals surface area contributed by atoms with Crippen LogP contribution < -0.4 is 5.32 Å². The Morgan fingerprint density at radius 2 is 1.63 bits per heavy atom. The minimum Gasteiger partial charge on any atom is -0.358 e. The Hall–Kier alpha value is -2.53. The van der Waals surface area contributed by atoms with Crippen molar-refractivity contribution in [3.05, 3.63) is 65.4 Å². The van der Waals surface area contributed by atoms with Crippen molar-refractivity contribution >= 4 is 34.5 Å². The molecule has 1 aromatic heterocycles. The number of H-pyrrole nitrogens is 1. The Labute approximate surface area is 161 Å². The average molecular weight is 376 g/mol. The van der Waals surface area contributed by atoms with E-state index in [0.717, 1.165) is 22.2 Å². The molecule has 3 heterocycles. The highest BCUT2D eigenvalue weighted by Gasteiger charge is 2.57. The summed E-state index contributed by atoms with van der Waals surface area (Å²) >= 11 is 1.74. The molecule has 2 N–H and O–H groups in total. The van der Waals surface area contributed by atoms with Crippen molar-refractivity contribution in [3.63, 3.8) is 0 Å². The van der Waals surface area contributed by atoms with Gasteiger partial charge in [-0.05, 0) is 23.3 Å². The highest BCUT2D eigenvalue weighted by Crippen LogP contribution is 2.60. The number of aromatic amines is 1. The summed E-state index contributed by atoms with van der Waals surface area (Å²) < 4.78 is 0. The lowest BCUT2D eigenvalue weighted by atomic mass is 9.71. The van der Waals surface area contributed by atoms with E-state index in [0.29, 0.717) is 0 Å². The van der Waals surface area contributed by atoms with Crippen LogP contribution in [0.25, 0.3) is 10.9 Å². The number of rotatable bonds is 0. The third-order valence-corrected chi connectivity index (χ3v) is 7.25. The van der Waals surface area contributed by atoms with Crippen LogP contribution in [0.4, 0.5) is 0 Å². The first-order chi connectivity index (χ1) is 13.2. The molecule has 4 unspecified atom stereocenters. The van der Waals surface area contributed by atoms with Crippen LogP contribution in [0.1, 0.15) is 42.5 Å². The van der Waals surface area contributed by atoms with E-state index in [1.54, 1.807) is 11.8 Å². The number of imide groups is 1. The van der Waals surface area contributed by atoms with E-state index in [1.165, 1.54) is 10.5 Å². The van der Waals surface area contributed by atoms with E-state index in [4.69, 9.17) is 0 Å². The summed E-state index contributed by atoms with van der Waals surface area (Å²) in [6.07, 6.45) is 0. The first-order valence-electron chi connectivity index (χ1n) is 9.45. The summed E-state index contributed by atoms with van der Waals surface area (Å²) in [5.41, 5.74) is 4.42. The van der Waals surface area contributed by atoms with Gasteiger partial charge in [-0.25, -0.2) is 0 Å². The van der Waals surface area contributed by atoms with Gasteiger partial charge in [0.2, 0.25) is 11.8 Å². The number of hydrogen-bond acceptors (Lipinski definition) is 3. The minimum atomic E-state index is -0.387. The van der Waals surface area contributed by atoms with Crippen LogP contribution in [0.15, 0.2) is 53.4 Å². The maximum absolute atomic E-state index is 12.6. The quantitative estimate of drug-likeness (QED) is 0.579. The van der Waals surface area contributed by atoms with Gasteiger partial charge in [0.1, 0.15) is 0 Å². The number of carbonyl (C=O) groups excluding carboxylic acids is 2. The van der Waals surface area contributed by atoms with E-state index in [9.17, 15) is 9.59 Å². The summed E-state index contributed by atoms with van der Waals surface area (Å²) in [5, 5.41) is 3.71. The Morgan fingerprint density at radius 1 is 0.889 bits per heavy atom. The van der Waals surface area contributed by atoms with Gasteiger partial charge >= 0.3 is 0 Å². The fraction of sp³-hybridized carbons (Fsp3) is 0.273. The van der Waals surface area contributed by atoms with Gasteiger partial charge in [-0.3, -0.25) is 14.9 Å². The first kappa shape index (κ1) is 16.6. The molecule has 2 amide bonds. The number of para-hydroxylation sites is 1. The predicted octanol–water partition coefficient (Wildman–Crippen LogP) is 4.17. The first-order valence-corrected chi connectivity index (χ1v) is 10.3. The number of carbonyl (C=O) groups is 2. The molecule has 27 heavy (non-hydrogen) atoms. The number of fused-ring (bicyclic) bond motifs is 10. The lowest BCUT2D eigenvalue weighted by molar-refractivity contribution is -0.125. The number of thioether (sulfide) groups is 1. The maximum Gasteiger partial charge on any atom is 0.235 e. The van der Waals surface area contributed by atoms with Gasteiger partial charge in [-0.1, -0.05) is 50.2 Å². The van der Waals surface area contributed by atoms with Gasteiger partial charge < -0.3 is 4.98 Å². The lowest BCUT2D eigenvalue weighted by Gasteiger charge is -2.33. The van der Waals surface area contributed by atoms with Gasteiger partial charge in [0, 0.05) is 32.7 Å². The zero-order chi connectivity index (χ0) is 18.7. The predicted molar refractivity (Wildman–Crippen MR) is 107 cm³/mol. The molecule has 0 spiro atoms. The fourth-order valence-corrected chi connectivity index (χ4v) is 6.48. The molecule has 6 rings (SSSR count). The molecule has 2 aromatic carbocycles. The standard InChI is InChI=1S/C20H14N2O2S.C2H6/c23-19-15-13-9-5-1-3-7-11(9)21-17(13)14-10-6-2-4-8-12(10)25-18(14)16(15)20(24)22-19;1-2/h1-8,14-16,18,21H,(H,22,23,24);1-2H3. The van der Waals surface area contributed by atoms with Gasteiger partial charge in [0.25, 0.3) is 0 Å².